The second-order valence-corrected chi connectivity index (χ2v) is 7.10. The van der Waals surface area contributed by atoms with Crippen LogP contribution in [0, 0.1) is 0 Å². The summed E-state index contributed by atoms with van der Waals surface area (Å²) in [6.45, 7) is 2.04. The molecule has 4 aromatic rings. The molecular weight excluding hydrogens is 457 g/mol. The van der Waals surface area contributed by atoms with Crippen molar-refractivity contribution in [2.24, 2.45) is 0 Å². The molecule has 0 fully saturated rings. The lowest BCUT2D eigenvalue weighted by Gasteiger charge is -2.15. The summed E-state index contributed by atoms with van der Waals surface area (Å²) < 4.78 is 58.4. The van der Waals surface area contributed by atoms with Gasteiger partial charge in [0.05, 0.1) is 22.8 Å². The molecule has 0 bridgehead atoms. The van der Waals surface area contributed by atoms with Gasteiger partial charge < -0.3 is 13.9 Å². The van der Waals surface area contributed by atoms with Crippen molar-refractivity contribution >= 4 is 22.9 Å². The molecule has 174 valence electrons. The summed E-state index contributed by atoms with van der Waals surface area (Å²) in [5.74, 6) is -4.36. The summed E-state index contributed by atoms with van der Waals surface area (Å²) in [6.07, 6.45) is -2.72. The van der Waals surface area contributed by atoms with E-state index >= 15 is 0 Å². The Kier molecular flexibility index (Phi) is 5.70. The number of ether oxygens (including phenoxy) is 2. The van der Waals surface area contributed by atoms with Gasteiger partial charge in [0.2, 0.25) is 16.9 Å². The molecule has 0 aliphatic rings. The largest absolute Gasteiger partial charge is 0.450 e. The Hall–Kier alpha value is -4.41. The SMILES string of the molecule is CC(=O)Oc1ccc2c(=O)c(-c3cnn(-c4ccccc4)c3)c(C(F)(F)F)oc2c1OC(C)=O. The van der Waals surface area contributed by atoms with Crippen LogP contribution < -0.4 is 14.9 Å². The van der Waals surface area contributed by atoms with E-state index < -0.39 is 46.2 Å². The van der Waals surface area contributed by atoms with Crippen molar-refractivity contribution in [3.05, 3.63) is 70.8 Å². The van der Waals surface area contributed by atoms with Gasteiger partial charge in [-0.1, -0.05) is 18.2 Å². The highest BCUT2D eigenvalue weighted by molar-refractivity contribution is 5.91. The highest BCUT2D eigenvalue weighted by Gasteiger charge is 2.40. The minimum absolute atomic E-state index is 0.134. The normalized spacial score (nSPS) is 11.4. The Morgan fingerprint density at radius 2 is 1.68 bits per heavy atom. The minimum atomic E-state index is -5.09. The summed E-state index contributed by atoms with van der Waals surface area (Å²) in [5, 5.41) is 3.74. The first-order valence-electron chi connectivity index (χ1n) is 9.74. The number of hydrogen-bond donors (Lipinski definition) is 0. The molecule has 2 aromatic carbocycles. The van der Waals surface area contributed by atoms with Crippen LogP contribution in [0.15, 0.2) is 64.1 Å². The molecule has 2 heterocycles. The molecule has 0 unspecified atom stereocenters. The molecule has 0 aliphatic heterocycles. The number of para-hydroxylation sites is 1. The molecule has 0 spiro atoms. The second-order valence-electron chi connectivity index (χ2n) is 7.10. The number of benzene rings is 2. The summed E-state index contributed by atoms with van der Waals surface area (Å²) in [7, 11) is 0. The molecule has 0 saturated heterocycles. The number of fused-ring (bicyclic) bond motifs is 1. The van der Waals surface area contributed by atoms with Crippen molar-refractivity contribution in [1.82, 2.24) is 9.78 Å². The lowest BCUT2D eigenvalue weighted by atomic mass is 10.0. The number of nitrogens with zero attached hydrogens (tertiary/aromatic N) is 2. The average molecular weight is 472 g/mol. The van der Waals surface area contributed by atoms with Crippen molar-refractivity contribution in [2.45, 2.75) is 20.0 Å². The van der Waals surface area contributed by atoms with Gasteiger partial charge in [0.25, 0.3) is 0 Å². The number of aromatic nitrogens is 2. The van der Waals surface area contributed by atoms with Crippen LogP contribution in [0.25, 0.3) is 27.8 Å². The van der Waals surface area contributed by atoms with Crippen molar-refractivity contribution in [3.63, 3.8) is 0 Å². The van der Waals surface area contributed by atoms with E-state index in [0.717, 1.165) is 32.2 Å². The van der Waals surface area contributed by atoms with Crippen LogP contribution in [0.1, 0.15) is 19.6 Å². The van der Waals surface area contributed by atoms with Gasteiger partial charge in [-0.15, -0.1) is 0 Å². The van der Waals surface area contributed by atoms with Crippen LogP contribution in [0.5, 0.6) is 11.5 Å². The maximum absolute atomic E-state index is 14.0. The van der Waals surface area contributed by atoms with E-state index in [1.165, 1.54) is 10.9 Å². The fourth-order valence-electron chi connectivity index (χ4n) is 3.33. The maximum atomic E-state index is 14.0. The van der Waals surface area contributed by atoms with Crippen molar-refractivity contribution in [3.8, 4) is 28.3 Å². The molecule has 0 aliphatic carbocycles. The Bertz CT molecular complexity index is 1470. The number of alkyl halides is 3. The summed E-state index contributed by atoms with van der Waals surface area (Å²) in [5.41, 5.74) is -2.06. The monoisotopic (exact) mass is 472 g/mol. The topological polar surface area (TPSA) is 101 Å². The third-order valence-corrected chi connectivity index (χ3v) is 4.63. The zero-order chi connectivity index (χ0) is 24.6. The number of esters is 2. The zero-order valence-corrected chi connectivity index (χ0v) is 17.7. The number of carbonyl (C=O) groups is 2. The van der Waals surface area contributed by atoms with Crippen molar-refractivity contribution < 1.29 is 36.7 Å². The van der Waals surface area contributed by atoms with E-state index in [-0.39, 0.29) is 16.7 Å². The van der Waals surface area contributed by atoms with Crippen molar-refractivity contribution in [1.29, 1.82) is 0 Å². The lowest BCUT2D eigenvalue weighted by Crippen LogP contribution is -2.17. The number of hydrogen-bond acceptors (Lipinski definition) is 7. The van der Waals surface area contributed by atoms with Gasteiger partial charge in [-0.25, -0.2) is 4.68 Å². The molecular formula is C23H15F3N2O6. The van der Waals surface area contributed by atoms with Gasteiger partial charge in [0, 0.05) is 25.6 Å². The summed E-state index contributed by atoms with van der Waals surface area (Å²) >= 11 is 0. The maximum Gasteiger partial charge on any atom is 0.450 e. The van der Waals surface area contributed by atoms with Crippen LogP contribution in [0.4, 0.5) is 13.2 Å². The second kappa shape index (κ2) is 8.50. The van der Waals surface area contributed by atoms with E-state index in [4.69, 9.17) is 13.9 Å². The van der Waals surface area contributed by atoms with E-state index in [1.54, 1.807) is 30.3 Å². The first kappa shape index (κ1) is 22.8. The molecule has 0 saturated carbocycles. The van der Waals surface area contributed by atoms with Gasteiger partial charge in [0.15, 0.2) is 11.3 Å². The first-order valence-corrected chi connectivity index (χ1v) is 9.74. The average Bonchev–Trinajstić information content (AvgIpc) is 3.24. The Morgan fingerprint density at radius 1 is 1.00 bits per heavy atom. The van der Waals surface area contributed by atoms with Crippen LogP contribution >= 0.6 is 0 Å². The third kappa shape index (κ3) is 4.27. The number of carbonyl (C=O) groups excluding carboxylic acids is 2. The Balaban J connectivity index is 2.01. The van der Waals surface area contributed by atoms with Crippen LogP contribution in [-0.4, -0.2) is 21.7 Å². The van der Waals surface area contributed by atoms with Gasteiger partial charge in [-0.2, -0.15) is 18.3 Å². The van der Waals surface area contributed by atoms with E-state index in [1.807, 2.05) is 0 Å². The highest BCUT2D eigenvalue weighted by atomic mass is 19.4. The van der Waals surface area contributed by atoms with Gasteiger partial charge in [0.1, 0.15) is 0 Å². The molecule has 8 nitrogen and oxygen atoms in total. The molecule has 0 atom stereocenters. The summed E-state index contributed by atoms with van der Waals surface area (Å²) in [6, 6.07) is 10.8. The number of halogens is 3. The van der Waals surface area contributed by atoms with Gasteiger partial charge >= 0.3 is 18.1 Å². The molecule has 0 amide bonds. The molecule has 4 rings (SSSR count). The van der Waals surface area contributed by atoms with E-state index in [9.17, 15) is 27.6 Å². The smallest absolute Gasteiger partial charge is 0.446 e. The number of rotatable bonds is 4. The van der Waals surface area contributed by atoms with Gasteiger partial charge in [-0.05, 0) is 24.3 Å². The quantitative estimate of drug-likeness (QED) is 0.318. The van der Waals surface area contributed by atoms with E-state index in [0.29, 0.717) is 5.69 Å². The molecule has 2 aromatic heterocycles. The minimum Gasteiger partial charge on any atom is -0.446 e. The lowest BCUT2D eigenvalue weighted by molar-refractivity contribution is -0.152. The van der Waals surface area contributed by atoms with Crippen molar-refractivity contribution in [2.75, 3.05) is 0 Å². The third-order valence-electron chi connectivity index (χ3n) is 4.63. The van der Waals surface area contributed by atoms with Gasteiger partial charge in [-0.3, -0.25) is 14.4 Å². The Labute approximate surface area is 189 Å². The van der Waals surface area contributed by atoms with Crippen LogP contribution in [0.3, 0.4) is 0 Å². The summed E-state index contributed by atoms with van der Waals surface area (Å²) in [4.78, 5) is 36.2. The predicted molar refractivity (Wildman–Crippen MR) is 113 cm³/mol. The molecule has 0 radical (unpaired) electrons. The highest BCUT2D eigenvalue weighted by Crippen LogP contribution is 2.42. The molecule has 34 heavy (non-hydrogen) atoms. The molecule has 11 heteroatoms. The van der Waals surface area contributed by atoms with E-state index in [2.05, 4.69) is 5.10 Å². The first-order chi connectivity index (χ1) is 16.1. The van der Waals surface area contributed by atoms with Crippen LogP contribution in [-0.2, 0) is 15.8 Å². The zero-order valence-electron chi connectivity index (χ0n) is 17.7. The fraction of sp³-hybridized carbons (Fsp3) is 0.130. The van der Waals surface area contributed by atoms with Crippen LogP contribution in [0.2, 0.25) is 0 Å². The molecule has 0 N–H and O–H groups in total. The Morgan fingerprint density at radius 3 is 2.29 bits per heavy atom. The fourth-order valence-corrected chi connectivity index (χ4v) is 3.33. The standard InChI is InChI=1S/C23H15F3N2O6/c1-12(29)32-17-9-8-16-19(31)18(14-10-27-28(11-14)15-6-4-3-5-7-15)22(23(24,25)26)34-20(16)21(17)33-13(2)30/h3-11H,1-2H3. The predicted octanol–water partition coefficient (Wildman–Crippen LogP) is 4.52.